The molecule has 1 saturated heterocycles. The van der Waals surface area contributed by atoms with Crippen LogP contribution in [0.5, 0.6) is 5.75 Å². The summed E-state index contributed by atoms with van der Waals surface area (Å²) in [7, 11) is 1.31. The van der Waals surface area contributed by atoms with Crippen molar-refractivity contribution in [3.05, 3.63) is 82.9 Å². The van der Waals surface area contributed by atoms with Crippen LogP contribution in [0.25, 0.3) is 10.9 Å². The Bertz CT molecular complexity index is 3020. The average molecular weight is 1180 g/mol. The van der Waals surface area contributed by atoms with Gasteiger partial charge in [-0.2, -0.15) is 0 Å². The summed E-state index contributed by atoms with van der Waals surface area (Å²) in [6.07, 6.45) is 4.95. The largest absolute Gasteiger partial charge is 0.508 e. The number of primary amides is 1. The molecule has 4 aromatic rings. The number of phenolic OH excluding ortho intramolecular Hbond substituents is 1. The molecular weight excluding hydrogens is 1100 g/mol. The molecule has 9 amide bonds. The highest BCUT2D eigenvalue weighted by molar-refractivity contribution is 5.97. The Kier molecular flexibility index (Phi) is 25.5. The predicted octanol–water partition coefficient (Wildman–Crippen LogP) is -3.73. The van der Waals surface area contributed by atoms with E-state index in [1.165, 1.54) is 50.2 Å². The summed E-state index contributed by atoms with van der Waals surface area (Å²) >= 11 is 0. The molecule has 2 aromatic heterocycles. The number of carbonyl (C=O) groups excluding carboxylic acids is 9. The first kappa shape index (κ1) is 66.6. The van der Waals surface area contributed by atoms with Gasteiger partial charge in [-0.25, -0.2) is 9.97 Å². The van der Waals surface area contributed by atoms with Crippen LogP contribution in [-0.4, -0.2) is 177 Å². The zero-order valence-electron chi connectivity index (χ0n) is 48.3. The Morgan fingerprint density at radius 2 is 1.33 bits per heavy atom. The van der Waals surface area contributed by atoms with Crippen molar-refractivity contribution in [2.75, 3.05) is 51.2 Å². The molecule has 1 fully saturated rings. The zero-order chi connectivity index (χ0) is 62.3. The van der Waals surface area contributed by atoms with E-state index in [-0.39, 0.29) is 67.6 Å². The zero-order valence-corrected chi connectivity index (χ0v) is 48.3. The minimum absolute atomic E-state index is 0.0518. The number of imidazole rings is 1. The average Bonchev–Trinajstić information content (AvgIpc) is 2.64. The van der Waals surface area contributed by atoms with Crippen LogP contribution in [0.2, 0.25) is 0 Å². The SMILES string of the molecule is CNC(=O)[C@H](CC(N)=O)NC(=O)[C@H](CC(C)C)NC(=O)[C@H](Cc1ccc(O)cc1)NC(=O)[C@H](Cc1c[nH]cn1)NC(=O)[C@H](CCCNC(=N)N)NC(=O)Cn1cnc2ccc(N3CCN(C(=O)[C@H](CCCCN)NC(=O)[C@H](C)N)CC3)cc2c1=O. The molecular formula is C55H81N19O11. The van der Waals surface area contributed by atoms with E-state index >= 15 is 0 Å². The summed E-state index contributed by atoms with van der Waals surface area (Å²) in [6, 6.07) is 2.39. The van der Waals surface area contributed by atoms with E-state index in [9.17, 15) is 53.1 Å². The minimum Gasteiger partial charge on any atom is -0.508 e. The number of amides is 9. The minimum atomic E-state index is -1.47. The molecule has 3 heterocycles. The third-order valence-electron chi connectivity index (χ3n) is 13.9. The number of likely N-dealkylation sites (N-methyl/N-ethyl adjacent to an activating group) is 1. The quantitative estimate of drug-likeness (QED) is 0.0127. The van der Waals surface area contributed by atoms with E-state index in [1.807, 2.05) is 4.90 Å². The van der Waals surface area contributed by atoms with Gasteiger partial charge in [0, 0.05) is 64.5 Å². The van der Waals surface area contributed by atoms with Crippen LogP contribution in [0.4, 0.5) is 5.69 Å². The number of hydrogen-bond acceptors (Lipinski definition) is 17. The molecule has 0 bridgehead atoms. The monoisotopic (exact) mass is 1180 g/mol. The molecule has 462 valence electrons. The molecule has 0 aliphatic carbocycles. The van der Waals surface area contributed by atoms with Gasteiger partial charge in [0.15, 0.2) is 5.96 Å². The molecule has 1 aliphatic heterocycles. The molecule has 1 aliphatic rings. The van der Waals surface area contributed by atoms with Gasteiger partial charge in [-0.05, 0) is 93.8 Å². The molecule has 7 atom stereocenters. The van der Waals surface area contributed by atoms with Crippen molar-refractivity contribution in [3.8, 4) is 5.75 Å². The third-order valence-corrected chi connectivity index (χ3v) is 13.9. The lowest BCUT2D eigenvalue weighted by Gasteiger charge is -2.38. The van der Waals surface area contributed by atoms with Crippen LogP contribution >= 0.6 is 0 Å². The number of aromatic hydroxyl groups is 1. The molecule has 19 N–H and O–H groups in total. The number of nitrogens with two attached hydrogens (primary N) is 4. The van der Waals surface area contributed by atoms with E-state index in [0.717, 1.165) is 4.57 Å². The molecule has 0 saturated carbocycles. The number of benzene rings is 2. The van der Waals surface area contributed by atoms with Gasteiger partial charge in [-0.1, -0.05) is 26.0 Å². The van der Waals surface area contributed by atoms with Crippen molar-refractivity contribution in [1.29, 1.82) is 5.41 Å². The van der Waals surface area contributed by atoms with Crippen molar-refractivity contribution in [3.63, 3.8) is 0 Å². The third kappa shape index (κ3) is 20.9. The maximum absolute atomic E-state index is 14.6. The number of nitrogens with one attached hydrogen (secondary N) is 10. The van der Waals surface area contributed by atoms with Gasteiger partial charge in [-0.15, -0.1) is 0 Å². The second-order valence-corrected chi connectivity index (χ2v) is 21.2. The molecule has 0 radical (unpaired) electrons. The second kappa shape index (κ2) is 32.6. The normalized spacial score (nSPS) is 14.8. The van der Waals surface area contributed by atoms with E-state index in [2.05, 4.69) is 57.5 Å². The van der Waals surface area contributed by atoms with Gasteiger partial charge in [0.1, 0.15) is 48.5 Å². The van der Waals surface area contributed by atoms with Gasteiger partial charge >= 0.3 is 0 Å². The number of anilines is 1. The number of unbranched alkanes of at least 4 members (excludes halogenated alkanes) is 1. The number of guanidine groups is 1. The number of piperazine rings is 1. The Labute approximate surface area is 491 Å². The predicted molar refractivity (Wildman–Crippen MR) is 314 cm³/mol. The number of H-pyrrole nitrogens is 1. The van der Waals surface area contributed by atoms with Crippen molar-refractivity contribution >= 4 is 75.7 Å². The first-order valence-electron chi connectivity index (χ1n) is 28.1. The summed E-state index contributed by atoms with van der Waals surface area (Å²) < 4.78 is 1.08. The molecule has 30 heteroatoms. The Morgan fingerprint density at radius 1 is 0.718 bits per heavy atom. The summed E-state index contributed by atoms with van der Waals surface area (Å²) in [5, 5.41) is 38.8. The number of rotatable bonds is 32. The van der Waals surface area contributed by atoms with Crippen molar-refractivity contribution in [2.45, 2.75) is 127 Å². The highest BCUT2D eigenvalue weighted by Crippen LogP contribution is 2.22. The van der Waals surface area contributed by atoms with Gasteiger partial charge in [-0.3, -0.25) is 57.9 Å². The lowest BCUT2D eigenvalue weighted by atomic mass is 10.00. The van der Waals surface area contributed by atoms with Gasteiger partial charge in [0.05, 0.1) is 41.7 Å². The number of phenols is 1. The number of hydrogen-bond donors (Lipinski definition) is 15. The van der Waals surface area contributed by atoms with E-state index < -0.39 is 108 Å². The van der Waals surface area contributed by atoms with Crippen LogP contribution in [0.15, 0.2) is 66.1 Å². The summed E-state index contributed by atoms with van der Waals surface area (Å²) in [5.41, 5.74) is 23.5. The highest BCUT2D eigenvalue weighted by Gasteiger charge is 2.35. The van der Waals surface area contributed by atoms with E-state index in [0.29, 0.717) is 74.4 Å². The molecule has 0 spiro atoms. The van der Waals surface area contributed by atoms with Crippen molar-refractivity contribution < 1.29 is 48.3 Å². The van der Waals surface area contributed by atoms with Crippen LogP contribution in [0.1, 0.15) is 77.0 Å². The standard InChI is InChI=1S/C55H81N19O11/c1-31(2)22-41(50(81)71-44(26-45(58)76)48(79)61-4)68-51(82)42(23-33-10-13-36(75)14-11-33)69-52(83)43(24-34-27-62-29-64-34)70-49(80)39(9-7-17-63-55(59)60)66-46(77)28-74-30-65-38-15-12-35(25-37(38)53(74)84)72-18-20-73(21-19-72)54(85)40(8-5-6-16-56)67-47(78)32(3)57/h10-15,25,27,29-32,39-44,75H,5-9,16-24,26,28,56-57H2,1-4H3,(H2,58,76)(H,61,79)(H,62,64)(H,66,77)(H,67,78)(H,68,82)(H,69,83)(H,70,80)(H,71,81)(H4,59,60,63)/t32-,39-,40-,41-,42-,43-,44-/m0/s1. The highest BCUT2D eigenvalue weighted by atomic mass is 16.3. The smallest absolute Gasteiger partial charge is 0.261 e. The van der Waals surface area contributed by atoms with Crippen molar-refractivity contribution in [2.24, 2.45) is 28.9 Å². The van der Waals surface area contributed by atoms with Crippen LogP contribution < -0.4 is 75.9 Å². The first-order valence-corrected chi connectivity index (χ1v) is 28.1. The Balaban J connectivity index is 1.35. The molecule has 85 heavy (non-hydrogen) atoms. The first-order chi connectivity index (χ1) is 40.5. The molecule has 0 unspecified atom stereocenters. The Hall–Kier alpha value is -9.19. The van der Waals surface area contributed by atoms with Crippen LogP contribution in [0, 0.1) is 11.3 Å². The fraction of sp³-hybridized carbons (Fsp3) is 0.509. The van der Waals surface area contributed by atoms with E-state index in [4.69, 9.17) is 28.3 Å². The fourth-order valence-corrected chi connectivity index (χ4v) is 9.38. The maximum Gasteiger partial charge on any atom is 0.261 e. The number of fused-ring (bicyclic) bond motifs is 1. The maximum atomic E-state index is 14.6. The lowest BCUT2D eigenvalue weighted by Crippen LogP contribution is -2.60. The van der Waals surface area contributed by atoms with Crippen LogP contribution in [0.3, 0.4) is 0 Å². The topological polar surface area (TPSA) is 468 Å². The number of aromatic nitrogens is 4. The van der Waals surface area contributed by atoms with Crippen LogP contribution in [-0.2, 0) is 62.5 Å². The lowest BCUT2D eigenvalue weighted by molar-refractivity contribution is -0.137. The molecule has 30 nitrogen and oxygen atoms in total. The second-order valence-electron chi connectivity index (χ2n) is 21.2. The van der Waals surface area contributed by atoms with E-state index in [1.54, 1.807) is 43.9 Å². The fourth-order valence-electron chi connectivity index (χ4n) is 9.38. The number of nitrogens with zero attached hydrogens (tertiary/aromatic N) is 5. The summed E-state index contributed by atoms with van der Waals surface area (Å²) in [5.74, 6) is -7.06. The van der Waals surface area contributed by atoms with Gasteiger partial charge < -0.3 is 85.4 Å². The molecule has 2 aromatic carbocycles. The number of carbonyl (C=O) groups is 9. The summed E-state index contributed by atoms with van der Waals surface area (Å²) in [6.45, 7) is 6.54. The number of aromatic amines is 1. The molecule has 5 rings (SSSR count). The summed E-state index contributed by atoms with van der Waals surface area (Å²) in [4.78, 5) is 151. The van der Waals surface area contributed by atoms with Gasteiger partial charge in [0.2, 0.25) is 53.2 Å². The van der Waals surface area contributed by atoms with Gasteiger partial charge in [0.25, 0.3) is 5.56 Å². The van der Waals surface area contributed by atoms with Crippen molar-refractivity contribution in [1.82, 2.24) is 67.0 Å². The Morgan fingerprint density at radius 3 is 1.93 bits per heavy atom.